The maximum Gasteiger partial charge on any atom is 0.257 e. The molecule has 0 atom stereocenters. The summed E-state index contributed by atoms with van der Waals surface area (Å²) in [5, 5.41) is 14.2. The molecule has 3 aromatic rings. The zero-order valence-corrected chi connectivity index (χ0v) is 14.1. The lowest BCUT2D eigenvalue weighted by Gasteiger charge is -2.03. The van der Waals surface area contributed by atoms with Crippen LogP contribution in [0.1, 0.15) is 27.0 Å². The van der Waals surface area contributed by atoms with Gasteiger partial charge in [-0.25, -0.2) is 4.98 Å². The Morgan fingerprint density at radius 3 is 2.75 bits per heavy atom. The van der Waals surface area contributed by atoms with Crippen LogP contribution in [0.25, 0.3) is 11.3 Å². The monoisotopic (exact) mass is 333 g/mol. The molecule has 3 rings (SSSR count). The van der Waals surface area contributed by atoms with Crippen LogP contribution in [0.4, 0.5) is 5.13 Å². The van der Waals surface area contributed by atoms with E-state index >= 15 is 0 Å². The molecule has 5 heteroatoms. The van der Waals surface area contributed by atoms with Gasteiger partial charge in [0, 0.05) is 16.5 Å². The van der Waals surface area contributed by atoms with E-state index in [0.717, 1.165) is 11.3 Å². The first-order valence-corrected chi connectivity index (χ1v) is 8.29. The maximum absolute atomic E-state index is 12.3. The molecule has 0 saturated heterocycles. The minimum absolute atomic E-state index is 0.270. The highest BCUT2D eigenvalue weighted by Gasteiger charge is 2.11. The third-order valence-corrected chi connectivity index (χ3v) is 4.54. The van der Waals surface area contributed by atoms with Crippen LogP contribution < -0.4 is 5.32 Å². The molecule has 0 aliphatic heterocycles. The van der Waals surface area contributed by atoms with Gasteiger partial charge in [-0.3, -0.25) is 10.1 Å². The largest absolute Gasteiger partial charge is 0.298 e. The average molecular weight is 333 g/mol. The number of amides is 1. The van der Waals surface area contributed by atoms with E-state index in [9.17, 15) is 4.79 Å². The molecule has 0 unspecified atom stereocenters. The molecule has 2 aromatic carbocycles. The molecule has 118 valence electrons. The molecule has 0 saturated carbocycles. The van der Waals surface area contributed by atoms with Gasteiger partial charge in [-0.15, -0.1) is 11.3 Å². The van der Waals surface area contributed by atoms with Gasteiger partial charge in [0.25, 0.3) is 5.91 Å². The highest BCUT2D eigenvalue weighted by molar-refractivity contribution is 7.14. The van der Waals surface area contributed by atoms with Crippen LogP contribution in [-0.2, 0) is 0 Å². The Labute approximate surface area is 144 Å². The number of anilines is 1. The van der Waals surface area contributed by atoms with Crippen molar-refractivity contribution in [2.24, 2.45) is 0 Å². The number of nitrogens with zero attached hydrogens (tertiary/aromatic N) is 2. The predicted octanol–water partition coefficient (Wildman–Crippen LogP) is 4.55. The van der Waals surface area contributed by atoms with E-state index in [1.807, 2.05) is 17.5 Å². The number of thiazole rings is 1. The summed E-state index contributed by atoms with van der Waals surface area (Å²) >= 11 is 1.38. The predicted molar refractivity (Wildman–Crippen MR) is 96.1 cm³/mol. The first-order chi connectivity index (χ1) is 11.6. The Bertz CT molecular complexity index is 953. The number of carbonyl (C=O) groups excluding carboxylic acids is 1. The lowest BCUT2D eigenvalue weighted by molar-refractivity contribution is 0.102. The summed E-state index contributed by atoms with van der Waals surface area (Å²) < 4.78 is 0. The first kappa shape index (κ1) is 15.9. The topological polar surface area (TPSA) is 65.8 Å². The molecule has 1 heterocycles. The third kappa shape index (κ3) is 3.34. The van der Waals surface area contributed by atoms with E-state index in [2.05, 4.69) is 36.3 Å². The molecule has 0 aliphatic carbocycles. The van der Waals surface area contributed by atoms with Crippen molar-refractivity contribution in [3.63, 3.8) is 0 Å². The highest BCUT2D eigenvalue weighted by Crippen LogP contribution is 2.26. The number of benzene rings is 2. The van der Waals surface area contributed by atoms with Crippen molar-refractivity contribution in [2.45, 2.75) is 13.8 Å². The van der Waals surface area contributed by atoms with Crippen LogP contribution in [0.5, 0.6) is 0 Å². The molecular formula is C19H15N3OS. The Morgan fingerprint density at radius 2 is 2.00 bits per heavy atom. The summed E-state index contributed by atoms with van der Waals surface area (Å²) in [6.07, 6.45) is 0. The van der Waals surface area contributed by atoms with E-state index in [4.69, 9.17) is 5.26 Å². The molecule has 0 spiro atoms. The van der Waals surface area contributed by atoms with E-state index in [-0.39, 0.29) is 5.91 Å². The minimum Gasteiger partial charge on any atom is -0.298 e. The number of hydrogen-bond donors (Lipinski definition) is 1. The number of rotatable bonds is 3. The molecule has 4 nitrogen and oxygen atoms in total. The molecule has 0 aliphatic rings. The van der Waals surface area contributed by atoms with Crippen molar-refractivity contribution in [1.82, 2.24) is 4.98 Å². The van der Waals surface area contributed by atoms with Crippen LogP contribution in [0.15, 0.2) is 47.8 Å². The number of aryl methyl sites for hydroxylation is 2. The van der Waals surface area contributed by atoms with Crippen LogP contribution in [0.3, 0.4) is 0 Å². The summed E-state index contributed by atoms with van der Waals surface area (Å²) in [4.78, 5) is 16.8. The van der Waals surface area contributed by atoms with Gasteiger partial charge in [0.05, 0.1) is 17.3 Å². The third-order valence-electron chi connectivity index (χ3n) is 3.78. The molecular weight excluding hydrogens is 318 g/mol. The normalized spacial score (nSPS) is 10.2. The van der Waals surface area contributed by atoms with Crippen LogP contribution in [0.2, 0.25) is 0 Å². The van der Waals surface area contributed by atoms with E-state index < -0.39 is 0 Å². The number of carbonyl (C=O) groups is 1. The van der Waals surface area contributed by atoms with Crippen molar-refractivity contribution >= 4 is 22.4 Å². The Hall–Kier alpha value is -2.97. The van der Waals surface area contributed by atoms with Crippen molar-refractivity contribution in [1.29, 1.82) is 5.26 Å². The number of hydrogen-bond acceptors (Lipinski definition) is 4. The first-order valence-electron chi connectivity index (χ1n) is 7.41. The average Bonchev–Trinajstić information content (AvgIpc) is 3.06. The van der Waals surface area contributed by atoms with Gasteiger partial charge in [-0.2, -0.15) is 5.26 Å². The standard InChI is InChI=1S/C19H15N3OS/c1-12-6-7-15(8-13(12)2)17-11-24-19(21-17)22-18(23)16-5-3-4-14(9-16)10-20/h3-9,11H,1-2H3,(H,21,22,23). The van der Waals surface area contributed by atoms with Crippen molar-refractivity contribution < 1.29 is 4.79 Å². The molecule has 24 heavy (non-hydrogen) atoms. The zero-order chi connectivity index (χ0) is 17.1. The Kier molecular flexibility index (Phi) is 4.41. The lowest BCUT2D eigenvalue weighted by atomic mass is 10.1. The van der Waals surface area contributed by atoms with Gasteiger partial charge >= 0.3 is 0 Å². The van der Waals surface area contributed by atoms with Gasteiger partial charge in [-0.05, 0) is 49.2 Å². The summed E-state index contributed by atoms with van der Waals surface area (Å²) in [7, 11) is 0. The van der Waals surface area contributed by atoms with Crippen molar-refractivity contribution in [2.75, 3.05) is 5.32 Å². The number of nitrogens with one attached hydrogen (secondary N) is 1. The second-order valence-electron chi connectivity index (χ2n) is 5.48. The van der Waals surface area contributed by atoms with Gasteiger partial charge < -0.3 is 0 Å². The summed E-state index contributed by atoms with van der Waals surface area (Å²) in [6, 6.07) is 14.8. The van der Waals surface area contributed by atoms with Crippen LogP contribution in [-0.4, -0.2) is 10.9 Å². The second-order valence-corrected chi connectivity index (χ2v) is 6.34. The number of nitriles is 1. The molecule has 0 radical (unpaired) electrons. The summed E-state index contributed by atoms with van der Waals surface area (Å²) in [5.74, 6) is -0.270. The molecule has 1 amide bonds. The van der Waals surface area contributed by atoms with Gasteiger partial charge in [-0.1, -0.05) is 18.2 Å². The van der Waals surface area contributed by atoms with Gasteiger partial charge in [0.2, 0.25) is 0 Å². The van der Waals surface area contributed by atoms with Crippen LogP contribution in [0, 0.1) is 25.2 Å². The SMILES string of the molecule is Cc1ccc(-c2csc(NC(=O)c3cccc(C#N)c3)n2)cc1C. The molecule has 1 aromatic heterocycles. The molecule has 0 bridgehead atoms. The smallest absolute Gasteiger partial charge is 0.257 e. The van der Waals surface area contributed by atoms with Gasteiger partial charge in [0.1, 0.15) is 0 Å². The molecule has 0 fully saturated rings. The van der Waals surface area contributed by atoms with E-state index in [0.29, 0.717) is 16.3 Å². The minimum atomic E-state index is -0.270. The lowest BCUT2D eigenvalue weighted by Crippen LogP contribution is -2.11. The Morgan fingerprint density at radius 1 is 1.17 bits per heavy atom. The highest BCUT2D eigenvalue weighted by atomic mass is 32.1. The second kappa shape index (κ2) is 6.65. The maximum atomic E-state index is 12.3. The quantitative estimate of drug-likeness (QED) is 0.764. The number of aromatic nitrogens is 1. The van der Waals surface area contributed by atoms with Crippen molar-refractivity contribution in [3.05, 3.63) is 70.1 Å². The zero-order valence-electron chi connectivity index (χ0n) is 13.3. The Balaban J connectivity index is 1.79. The van der Waals surface area contributed by atoms with Crippen LogP contribution >= 0.6 is 11.3 Å². The van der Waals surface area contributed by atoms with E-state index in [1.165, 1.54) is 22.5 Å². The van der Waals surface area contributed by atoms with E-state index in [1.54, 1.807) is 24.3 Å². The fraction of sp³-hybridized carbons (Fsp3) is 0.105. The van der Waals surface area contributed by atoms with Crippen molar-refractivity contribution in [3.8, 4) is 17.3 Å². The fourth-order valence-corrected chi connectivity index (χ4v) is 2.98. The summed E-state index contributed by atoms with van der Waals surface area (Å²) in [6.45, 7) is 4.14. The fourth-order valence-electron chi connectivity index (χ4n) is 2.26. The summed E-state index contributed by atoms with van der Waals surface area (Å²) in [5.41, 5.74) is 5.21. The van der Waals surface area contributed by atoms with Gasteiger partial charge in [0.15, 0.2) is 5.13 Å². The molecule has 1 N–H and O–H groups in total.